The highest BCUT2D eigenvalue weighted by molar-refractivity contribution is 5.85. The minimum absolute atomic E-state index is 0. The lowest BCUT2D eigenvalue weighted by Gasteiger charge is -2.41. The molecule has 3 heterocycles. The lowest BCUT2D eigenvalue weighted by atomic mass is 9.83. The Labute approximate surface area is 174 Å². The van der Waals surface area contributed by atoms with E-state index >= 15 is 0 Å². The lowest BCUT2D eigenvalue weighted by Crippen LogP contribution is -2.48. The quantitative estimate of drug-likeness (QED) is 0.773. The highest BCUT2D eigenvalue weighted by atomic mass is 35.5. The van der Waals surface area contributed by atoms with Crippen LogP contribution in [0.15, 0.2) is 18.2 Å². The molecule has 0 aliphatic carbocycles. The topological polar surface area (TPSA) is 35.5 Å². The fourth-order valence-electron chi connectivity index (χ4n) is 5.36. The molecule has 27 heavy (non-hydrogen) atoms. The van der Waals surface area contributed by atoms with Gasteiger partial charge in [0.25, 0.3) is 0 Å². The van der Waals surface area contributed by atoms with Crippen LogP contribution >= 0.6 is 24.8 Å². The van der Waals surface area contributed by atoms with Crippen LogP contribution in [0.5, 0.6) is 0 Å². The predicted molar refractivity (Wildman–Crippen MR) is 113 cm³/mol. The average Bonchev–Trinajstić information content (AvgIpc) is 2.86. The van der Waals surface area contributed by atoms with Gasteiger partial charge in [0, 0.05) is 18.6 Å². The van der Waals surface area contributed by atoms with E-state index < -0.39 is 0 Å². The zero-order valence-electron chi connectivity index (χ0n) is 16.1. The molecule has 154 valence electrons. The van der Waals surface area contributed by atoms with Crippen molar-refractivity contribution >= 4 is 24.8 Å². The Kier molecular flexibility index (Phi) is 8.38. The number of halogens is 3. The zero-order chi connectivity index (χ0) is 17.4. The number of aliphatic hydroxyl groups is 1. The van der Waals surface area contributed by atoms with Gasteiger partial charge in [-0.25, -0.2) is 4.39 Å². The number of rotatable bonds is 4. The third-order valence-corrected chi connectivity index (χ3v) is 6.86. The molecule has 3 nitrogen and oxygen atoms in total. The van der Waals surface area contributed by atoms with E-state index in [-0.39, 0.29) is 36.7 Å². The Morgan fingerprint density at radius 3 is 2.33 bits per heavy atom. The minimum Gasteiger partial charge on any atom is -0.392 e. The van der Waals surface area contributed by atoms with E-state index in [2.05, 4.69) is 10.2 Å². The number of fused-ring (bicyclic) bond motifs is 2. The van der Waals surface area contributed by atoms with Crippen LogP contribution in [-0.2, 0) is 0 Å². The third kappa shape index (κ3) is 4.97. The molecule has 0 aromatic heterocycles. The summed E-state index contributed by atoms with van der Waals surface area (Å²) in [5.41, 5.74) is 2.06. The number of aliphatic hydroxyl groups excluding tert-OH is 1. The molecule has 0 saturated carbocycles. The van der Waals surface area contributed by atoms with E-state index in [1.165, 1.54) is 18.4 Å². The van der Waals surface area contributed by atoms with E-state index in [0.29, 0.717) is 23.9 Å². The van der Waals surface area contributed by atoms with Gasteiger partial charge in [-0.2, -0.15) is 0 Å². The number of nitrogens with one attached hydrogen (secondary N) is 1. The molecular formula is C21H33Cl2FN2O. The van der Waals surface area contributed by atoms with Crippen molar-refractivity contribution in [3.63, 3.8) is 0 Å². The number of aryl methyl sites for hydroxylation is 1. The number of benzene rings is 1. The molecule has 4 atom stereocenters. The van der Waals surface area contributed by atoms with Crippen LogP contribution in [0, 0.1) is 18.7 Å². The smallest absolute Gasteiger partial charge is 0.126 e. The van der Waals surface area contributed by atoms with E-state index in [1.807, 2.05) is 19.1 Å². The molecule has 3 aliphatic rings. The molecule has 2 unspecified atom stereocenters. The normalized spacial score (nSPS) is 29.7. The van der Waals surface area contributed by atoms with Gasteiger partial charge in [-0.3, -0.25) is 4.90 Å². The standard InChI is InChI=1S/C21H31FN2O.2ClH/c1-14-10-16(2-5-20(14)22)17-11-18-3-4-19(12-17)24(18)13-21(25)15-6-8-23-9-7-15;;/h2,5,10,15,17-19,21,23,25H,3-4,6-9,11-13H2,1H3;2*1H/t17?,18-,19+,21?;;. The molecule has 0 radical (unpaired) electrons. The molecule has 2 N–H and O–H groups in total. The van der Waals surface area contributed by atoms with E-state index in [0.717, 1.165) is 50.9 Å². The third-order valence-electron chi connectivity index (χ3n) is 6.86. The van der Waals surface area contributed by atoms with Crippen molar-refractivity contribution in [2.45, 2.75) is 69.6 Å². The second-order valence-electron chi connectivity index (χ2n) is 8.41. The van der Waals surface area contributed by atoms with Crippen molar-refractivity contribution in [1.82, 2.24) is 10.2 Å². The first kappa shape index (κ1) is 22.9. The zero-order valence-corrected chi connectivity index (χ0v) is 17.7. The van der Waals surface area contributed by atoms with Crippen LogP contribution in [-0.4, -0.2) is 47.8 Å². The summed E-state index contributed by atoms with van der Waals surface area (Å²) in [5, 5.41) is 14.1. The lowest BCUT2D eigenvalue weighted by molar-refractivity contribution is 0.0177. The summed E-state index contributed by atoms with van der Waals surface area (Å²) in [6.45, 7) is 4.79. The molecule has 0 spiro atoms. The second-order valence-corrected chi connectivity index (χ2v) is 8.41. The van der Waals surface area contributed by atoms with Crippen LogP contribution in [0.2, 0.25) is 0 Å². The number of nitrogens with zero attached hydrogens (tertiary/aromatic N) is 1. The van der Waals surface area contributed by atoms with Gasteiger partial charge < -0.3 is 10.4 Å². The van der Waals surface area contributed by atoms with Crippen molar-refractivity contribution in [3.05, 3.63) is 35.1 Å². The maximum Gasteiger partial charge on any atom is 0.126 e. The molecule has 6 heteroatoms. The molecule has 3 saturated heterocycles. The number of piperidine rings is 2. The fraction of sp³-hybridized carbons (Fsp3) is 0.714. The summed E-state index contributed by atoms with van der Waals surface area (Å²) in [7, 11) is 0. The van der Waals surface area contributed by atoms with Crippen molar-refractivity contribution in [1.29, 1.82) is 0 Å². The van der Waals surface area contributed by atoms with Gasteiger partial charge in [-0.05, 0) is 87.6 Å². The van der Waals surface area contributed by atoms with Crippen LogP contribution in [0.3, 0.4) is 0 Å². The Balaban J connectivity index is 0.00000131. The Morgan fingerprint density at radius 1 is 1.11 bits per heavy atom. The number of hydrogen-bond acceptors (Lipinski definition) is 3. The molecule has 4 rings (SSSR count). The van der Waals surface area contributed by atoms with Crippen LogP contribution < -0.4 is 5.32 Å². The molecule has 3 aliphatic heterocycles. The largest absolute Gasteiger partial charge is 0.392 e. The van der Waals surface area contributed by atoms with Crippen molar-refractivity contribution in [2.24, 2.45) is 5.92 Å². The summed E-state index contributed by atoms with van der Waals surface area (Å²) in [4.78, 5) is 2.60. The van der Waals surface area contributed by atoms with E-state index in [9.17, 15) is 9.50 Å². The molecular weight excluding hydrogens is 386 g/mol. The van der Waals surface area contributed by atoms with Gasteiger partial charge in [0.1, 0.15) is 5.82 Å². The van der Waals surface area contributed by atoms with Gasteiger partial charge >= 0.3 is 0 Å². The summed E-state index contributed by atoms with van der Waals surface area (Å²) >= 11 is 0. The van der Waals surface area contributed by atoms with Gasteiger partial charge in [0.15, 0.2) is 0 Å². The Hall–Kier alpha value is -0.390. The van der Waals surface area contributed by atoms with Crippen LogP contribution in [0.1, 0.15) is 55.6 Å². The summed E-state index contributed by atoms with van der Waals surface area (Å²) in [6.07, 6.45) is 6.82. The van der Waals surface area contributed by atoms with Gasteiger partial charge in [-0.1, -0.05) is 12.1 Å². The average molecular weight is 419 g/mol. The van der Waals surface area contributed by atoms with Crippen molar-refractivity contribution in [3.8, 4) is 0 Å². The van der Waals surface area contributed by atoms with Crippen LogP contribution in [0.25, 0.3) is 0 Å². The maximum absolute atomic E-state index is 13.6. The molecule has 2 bridgehead atoms. The second kappa shape index (κ2) is 9.89. The highest BCUT2D eigenvalue weighted by Gasteiger charge is 2.42. The Morgan fingerprint density at radius 2 is 1.74 bits per heavy atom. The highest BCUT2D eigenvalue weighted by Crippen LogP contribution is 2.43. The monoisotopic (exact) mass is 418 g/mol. The van der Waals surface area contributed by atoms with Gasteiger partial charge in [0.05, 0.1) is 6.10 Å². The first-order chi connectivity index (χ1) is 12.1. The Bertz CT molecular complexity index is 598. The predicted octanol–water partition coefficient (Wildman–Crippen LogP) is 4.05. The maximum atomic E-state index is 13.6. The first-order valence-corrected chi connectivity index (χ1v) is 10.0. The van der Waals surface area contributed by atoms with E-state index in [4.69, 9.17) is 0 Å². The van der Waals surface area contributed by atoms with Crippen LogP contribution in [0.4, 0.5) is 4.39 Å². The van der Waals surface area contributed by atoms with E-state index in [1.54, 1.807) is 6.07 Å². The fourth-order valence-corrected chi connectivity index (χ4v) is 5.36. The minimum atomic E-state index is -0.185. The SMILES string of the molecule is Cc1cc(C2C[C@H]3CC[C@@H](C2)N3CC(O)C2CCNCC2)ccc1F.Cl.Cl. The summed E-state index contributed by atoms with van der Waals surface area (Å²) in [5.74, 6) is 0.899. The van der Waals surface area contributed by atoms with Crippen molar-refractivity contribution in [2.75, 3.05) is 19.6 Å². The van der Waals surface area contributed by atoms with Crippen molar-refractivity contribution < 1.29 is 9.50 Å². The molecule has 1 aromatic rings. The summed E-state index contributed by atoms with van der Waals surface area (Å²) in [6, 6.07) is 6.82. The number of hydrogen-bond donors (Lipinski definition) is 2. The van der Waals surface area contributed by atoms with Gasteiger partial charge in [0.2, 0.25) is 0 Å². The molecule has 1 aromatic carbocycles. The van der Waals surface area contributed by atoms with Gasteiger partial charge in [-0.15, -0.1) is 24.8 Å². The first-order valence-electron chi connectivity index (χ1n) is 10.0. The molecule has 3 fully saturated rings. The molecule has 0 amide bonds. The summed E-state index contributed by atoms with van der Waals surface area (Å²) < 4.78 is 13.6.